The Balaban J connectivity index is 1.70. The molecule has 1 unspecified atom stereocenters. The predicted octanol–water partition coefficient (Wildman–Crippen LogP) is 3.23. The van der Waals surface area contributed by atoms with Crippen molar-refractivity contribution < 1.29 is 9.50 Å². The van der Waals surface area contributed by atoms with Gasteiger partial charge in [-0.05, 0) is 29.8 Å². The average Bonchev–Trinajstić information content (AvgIpc) is 3.02. The van der Waals surface area contributed by atoms with Gasteiger partial charge in [0.1, 0.15) is 12.1 Å². The Bertz CT molecular complexity index is 731. The molecule has 0 aliphatic rings. The van der Waals surface area contributed by atoms with Crippen LogP contribution in [0.25, 0.3) is 5.69 Å². The van der Waals surface area contributed by atoms with Crippen molar-refractivity contribution in [2.45, 2.75) is 11.3 Å². The zero-order valence-electron chi connectivity index (χ0n) is 11.6. The van der Waals surface area contributed by atoms with E-state index in [1.165, 1.54) is 23.9 Å². The van der Waals surface area contributed by atoms with Gasteiger partial charge in [0.2, 0.25) is 0 Å². The maximum atomic E-state index is 12.9. The summed E-state index contributed by atoms with van der Waals surface area (Å²) in [7, 11) is 0. The molecule has 112 valence electrons. The maximum absolute atomic E-state index is 12.9. The quantitative estimate of drug-likeness (QED) is 0.734. The lowest BCUT2D eigenvalue weighted by atomic mass is 10.1. The highest BCUT2D eigenvalue weighted by molar-refractivity contribution is 7.99. The molecule has 0 saturated carbocycles. The van der Waals surface area contributed by atoms with Gasteiger partial charge in [-0.3, -0.25) is 4.57 Å². The summed E-state index contributed by atoms with van der Waals surface area (Å²) in [5.41, 5.74) is 1.64. The molecule has 4 nitrogen and oxygen atoms in total. The smallest absolute Gasteiger partial charge is 0.195 e. The first-order valence-corrected chi connectivity index (χ1v) is 7.74. The number of aliphatic hydroxyl groups excluding tert-OH is 1. The Labute approximate surface area is 131 Å². The first-order valence-electron chi connectivity index (χ1n) is 6.76. The highest BCUT2D eigenvalue weighted by Crippen LogP contribution is 2.25. The lowest BCUT2D eigenvalue weighted by Crippen LogP contribution is -2.02. The molecular formula is C16H14FN3OS. The number of halogens is 1. The van der Waals surface area contributed by atoms with Crippen LogP contribution in [0.5, 0.6) is 0 Å². The molecule has 0 fully saturated rings. The van der Waals surface area contributed by atoms with Gasteiger partial charge >= 0.3 is 0 Å². The molecule has 1 aromatic heterocycles. The fraction of sp³-hybridized carbons (Fsp3) is 0.125. The van der Waals surface area contributed by atoms with Crippen molar-refractivity contribution in [1.29, 1.82) is 0 Å². The number of aromatic nitrogens is 3. The lowest BCUT2D eigenvalue weighted by molar-refractivity contribution is 0.204. The van der Waals surface area contributed by atoms with Crippen molar-refractivity contribution >= 4 is 11.8 Å². The van der Waals surface area contributed by atoms with E-state index in [4.69, 9.17) is 0 Å². The predicted molar refractivity (Wildman–Crippen MR) is 83.4 cm³/mol. The SMILES string of the molecule is OC(CSc1nncn1-c1ccccc1)c1ccc(F)cc1. The van der Waals surface area contributed by atoms with Crippen LogP contribution in [-0.4, -0.2) is 25.6 Å². The molecule has 0 radical (unpaired) electrons. The third kappa shape index (κ3) is 3.35. The van der Waals surface area contributed by atoms with Crippen LogP contribution in [0.1, 0.15) is 11.7 Å². The van der Waals surface area contributed by atoms with Crippen molar-refractivity contribution in [2.75, 3.05) is 5.75 Å². The molecule has 3 aromatic rings. The second-order valence-corrected chi connectivity index (χ2v) is 5.68. The zero-order valence-corrected chi connectivity index (χ0v) is 12.4. The summed E-state index contributed by atoms with van der Waals surface area (Å²) in [6, 6.07) is 15.6. The second kappa shape index (κ2) is 6.72. The Kier molecular flexibility index (Phi) is 4.50. The fourth-order valence-corrected chi connectivity index (χ4v) is 2.92. The van der Waals surface area contributed by atoms with Crippen LogP contribution in [0.4, 0.5) is 4.39 Å². The summed E-state index contributed by atoms with van der Waals surface area (Å²) in [4.78, 5) is 0. The van der Waals surface area contributed by atoms with Crippen molar-refractivity contribution in [2.24, 2.45) is 0 Å². The van der Waals surface area contributed by atoms with Gasteiger partial charge in [0.25, 0.3) is 0 Å². The van der Waals surface area contributed by atoms with Crippen LogP contribution in [0.3, 0.4) is 0 Å². The molecule has 3 rings (SSSR count). The van der Waals surface area contributed by atoms with E-state index >= 15 is 0 Å². The van der Waals surface area contributed by atoms with Crippen molar-refractivity contribution in [3.8, 4) is 5.69 Å². The normalized spacial score (nSPS) is 12.3. The van der Waals surface area contributed by atoms with E-state index in [-0.39, 0.29) is 5.82 Å². The van der Waals surface area contributed by atoms with Crippen LogP contribution in [-0.2, 0) is 0 Å². The van der Waals surface area contributed by atoms with Gasteiger partial charge in [-0.15, -0.1) is 10.2 Å². The topological polar surface area (TPSA) is 50.9 Å². The van der Waals surface area contributed by atoms with Gasteiger partial charge in [0.15, 0.2) is 5.16 Å². The molecule has 0 amide bonds. The zero-order chi connectivity index (χ0) is 15.4. The Morgan fingerprint density at radius 3 is 2.55 bits per heavy atom. The van der Waals surface area contributed by atoms with E-state index in [0.717, 1.165) is 5.69 Å². The maximum Gasteiger partial charge on any atom is 0.195 e. The number of nitrogens with zero attached hydrogens (tertiary/aromatic N) is 3. The first kappa shape index (κ1) is 14.7. The minimum Gasteiger partial charge on any atom is -0.388 e. The third-order valence-electron chi connectivity index (χ3n) is 3.18. The number of aliphatic hydroxyl groups is 1. The average molecular weight is 315 g/mol. The number of hydrogen-bond acceptors (Lipinski definition) is 4. The van der Waals surface area contributed by atoms with Crippen LogP contribution in [0.15, 0.2) is 66.1 Å². The minimum absolute atomic E-state index is 0.313. The highest BCUT2D eigenvalue weighted by Gasteiger charge is 2.12. The van der Waals surface area contributed by atoms with Gasteiger partial charge in [0.05, 0.1) is 6.10 Å². The molecule has 1 heterocycles. The molecule has 22 heavy (non-hydrogen) atoms. The number of hydrogen-bond donors (Lipinski definition) is 1. The van der Waals surface area contributed by atoms with E-state index < -0.39 is 6.10 Å². The minimum atomic E-state index is -0.688. The number of thioether (sulfide) groups is 1. The van der Waals surface area contributed by atoms with Crippen LogP contribution in [0, 0.1) is 5.82 Å². The van der Waals surface area contributed by atoms with Gasteiger partial charge < -0.3 is 5.11 Å². The summed E-state index contributed by atoms with van der Waals surface area (Å²) in [6.07, 6.45) is 0.952. The number of rotatable bonds is 5. The molecule has 2 aromatic carbocycles. The second-order valence-electron chi connectivity index (χ2n) is 4.70. The van der Waals surface area contributed by atoms with E-state index in [1.54, 1.807) is 18.5 Å². The summed E-state index contributed by atoms with van der Waals surface area (Å²) < 4.78 is 14.8. The number of benzene rings is 2. The molecule has 0 spiro atoms. The van der Waals surface area contributed by atoms with E-state index in [2.05, 4.69) is 10.2 Å². The Morgan fingerprint density at radius 1 is 1.09 bits per heavy atom. The van der Waals surface area contributed by atoms with Crippen molar-refractivity contribution in [3.63, 3.8) is 0 Å². The largest absolute Gasteiger partial charge is 0.388 e. The summed E-state index contributed by atoms with van der Waals surface area (Å²) in [6.45, 7) is 0. The molecule has 0 aliphatic heterocycles. The van der Waals surface area contributed by atoms with Gasteiger partial charge in [-0.2, -0.15) is 0 Å². The molecule has 0 saturated heterocycles. The van der Waals surface area contributed by atoms with Gasteiger partial charge in [-0.1, -0.05) is 42.1 Å². The van der Waals surface area contributed by atoms with E-state index in [0.29, 0.717) is 16.5 Å². The summed E-state index contributed by atoms with van der Waals surface area (Å²) in [5.74, 6) is 0.101. The molecule has 1 atom stereocenters. The van der Waals surface area contributed by atoms with Gasteiger partial charge in [-0.25, -0.2) is 4.39 Å². The molecule has 0 aliphatic carbocycles. The summed E-state index contributed by atoms with van der Waals surface area (Å²) >= 11 is 1.40. The van der Waals surface area contributed by atoms with E-state index in [9.17, 15) is 9.50 Å². The third-order valence-corrected chi connectivity index (χ3v) is 4.19. The summed E-state index contributed by atoms with van der Waals surface area (Å²) in [5, 5.41) is 18.9. The molecular weight excluding hydrogens is 301 g/mol. The number of para-hydroxylation sites is 1. The standard InChI is InChI=1S/C16H14FN3OS/c17-13-8-6-12(7-9-13)15(21)10-22-16-19-18-11-20(16)14-4-2-1-3-5-14/h1-9,11,15,21H,10H2. The van der Waals surface area contributed by atoms with Crippen molar-refractivity contribution in [1.82, 2.24) is 14.8 Å². The molecule has 1 N–H and O–H groups in total. The van der Waals surface area contributed by atoms with Gasteiger partial charge in [0, 0.05) is 11.4 Å². The fourth-order valence-electron chi connectivity index (χ4n) is 2.02. The van der Waals surface area contributed by atoms with Crippen LogP contribution >= 0.6 is 11.8 Å². The Morgan fingerprint density at radius 2 is 1.82 bits per heavy atom. The first-order chi connectivity index (χ1) is 10.7. The molecule has 0 bridgehead atoms. The molecule has 6 heteroatoms. The van der Waals surface area contributed by atoms with E-state index in [1.807, 2.05) is 34.9 Å². The Hall–Kier alpha value is -2.18. The van der Waals surface area contributed by atoms with Crippen LogP contribution in [0.2, 0.25) is 0 Å². The monoisotopic (exact) mass is 315 g/mol. The lowest BCUT2D eigenvalue weighted by Gasteiger charge is -2.11. The van der Waals surface area contributed by atoms with Crippen molar-refractivity contribution in [3.05, 3.63) is 72.3 Å². The van der Waals surface area contributed by atoms with Crippen LogP contribution < -0.4 is 0 Å². The highest BCUT2D eigenvalue weighted by atomic mass is 32.2.